The van der Waals surface area contributed by atoms with E-state index >= 15 is 0 Å². The number of nitrogens with zero attached hydrogens (tertiary/aromatic N) is 1. The summed E-state index contributed by atoms with van der Waals surface area (Å²) in [5.74, 6) is 0.00421. The molecule has 19 heavy (non-hydrogen) atoms. The van der Waals surface area contributed by atoms with Gasteiger partial charge in [-0.2, -0.15) is 0 Å². The molecular weight excluding hydrogens is 310 g/mol. The first-order valence-corrected chi connectivity index (χ1v) is 7.09. The number of pyridine rings is 1. The fraction of sp³-hybridized carbons (Fsp3) is 0.538. The zero-order chi connectivity index (χ0) is 13.7. The van der Waals surface area contributed by atoms with Crippen LogP contribution in [0.15, 0.2) is 22.9 Å². The molecule has 2 rings (SSSR count). The number of carbonyl (C=O) groups is 1. The summed E-state index contributed by atoms with van der Waals surface area (Å²) in [7, 11) is 1.64. The van der Waals surface area contributed by atoms with Crippen LogP contribution in [0.4, 0.5) is 5.69 Å². The zero-order valence-electron chi connectivity index (χ0n) is 10.9. The maximum atomic E-state index is 12.6. The SMILES string of the molecule is COCC1(C(=O)Nc2cccnc2Br)CCNCC1. The van der Waals surface area contributed by atoms with E-state index < -0.39 is 5.41 Å². The number of carbonyl (C=O) groups excluding carboxylic acids is 1. The molecule has 0 saturated carbocycles. The highest BCUT2D eigenvalue weighted by Crippen LogP contribution is 2.31. The number of hydrogen-bond donors (Lipinski definition) is 2. The van der Waals surface area contributed by atoms with Crippen LogP contribution in [0.5, 0.6) is 0 Å². The fourth-order valence-corrected chi connectivity index (χ4v) is 2.70. The van der Waals surface area contributed by atoms with Gasteiger partial charge >= 0.3 is 0 Å². The second-order valence-electron chi connectivity index (χ2n) is 4.76. The van der Waals surface area contributed by atoms with Crippen molar-refractivity contribution in [3.63, 3.8) is 0 Å². The molecule has 104 valence electrons. The van der Waals surface area contributed by atoms with Gasteiger partial charge < -0.3 is 15.4 Å². The van der Waals surface area contributed by atoms with Crippen LogP contribution in [0.3, 0.4) is 0 Å². The summed E-state index contributed by atoms with van der Waals surface area (Å²) in [4.78, 5) is 16.7. The molecule has 0 bridgehead atoms. The minimum Gasteiger partial charge on any atom is -0.384 e. The van der Waals surface area contributed by atoms with Crippen molar-refractivity contribution in [3.05, 3.63) is 22.9 Å². The highest BCUT2D eigenvalue weighted by molar-refractivity contribution is 9.10. The van der Waals surface area contributed by atoms with E-state index in [1.165, 1.54) is 0 Å². The van der Waals surface area contributed by atoms with Gasteiger partial charge in [-0.05, 0) is 54.0 Å². The van der Waals surface area contributed by atoms with Crippen molar-refractivity contribution in [2.45, 2.75) is 12.8 Å². The summed E-state index contributed by atoms with van der Waals surface area (Å²) in [5, 5.41) is 6.22. The number of nitrogens with one attached hydrogen (secondary N) is 2. The van der Waals surface area contributed by atoms with Crippen LogP contribution in [0.25, 0.3) is 0 Å². The average Bonchev–Trinajstić information content (AvgIpc) is 2.42. The molecule has 1 amide bonds. The van der Waals surface area contributed by atoms with Gasteiger partial charge in [0.25, 0.3) is 0 Å². The van der Waals surface area contributed by atoms with E-state index in [0.717, 1.165) is 25.9 Å². The van der Waals surface area contributed by atoms with Gasteiger partial charge in [-0.25, -0.2) is 4.98 Å². The Kier molecular flexibility index (Phi) is 4.90. The minimum absolute atomic E-state index is 0.00421. The number of amides is 1. The maximum absolute atomic E-state index is 12.6. The molecular formula is C13H18BrN3O2. The van der Waals surface area contributed by atoms with Gasteiger partial charge in [0, 0.05) is 13.3 Å². The van der Waals surface area contributed by atoms with Gasteiger partial charge in [-0.15, -0.1) is 0 Å². The Hall–Kier alpha value is -0.980. The van der Waals surface area contributed by atoms with Gasteiger partial charge in [0.05, 0.1) is 17.7 Å². The van der Waals surface area contributed by atoms with Crippen LogP contribution in [-0.4, -0.2) is 37.7 Å². The predicted octanol–water partition coefficient (Wildman–Crippen LogP) is 1.80. The normalized spacial score (nSPS) is 18.0. The summed E-state index contributed by atoms with van der Waals surface area (Å²) in [5.41, 5.74) is 0.247. The van der Waals surface area contributed by atoms with Crippen LogP contribution < -0.4 is 10.6 Å². The molecule has 1 aromatic rings. The van der Waals surface area contributed by atoms with Crippen molar-refractivity contribution >= 4 is 27.5 Å². The van der Waals surface area contributed by atoms with Gasteiger partial charge in [0.2, 0.25) is 5.91 Å². The van der Waals surface area contributed by atoms with Gasteiger partial charge in [0.1, 0.15) is 4.60 Å². The Morgan fingerprint density at radius 1 is 1.58 bits per heavy atom. The molecule has 2 N–H and O–H groups in total. The van der Waals surface area contributed by atoms with E-state index in [1.54, 1.807) is 19.4 Å². The first kappa shape index (κ1) is 14.4. The van der Waals surface area contributed by atoms with Gasteiger partial charge in [-0.3, -0.25) is 4.79 Å². The highest BCUT2D eigenvalue weighted by atomic mass is 79.9. The summed E-state index contributed by atoms with van der Waals surface area (Å²) < 4.78 is 5.90. The number of aromatic nitrogens is 1. The lowest BCUT2D eigenvalue weighted by Gasteiger charge is -2.35. The molecule has 1 aliphatic rings. The minimum atomic E-state index is -0.449. The third-order valence-corrected chi connectivity index (χ3v) is 4.10. The molecule has 1 fully saturated rings. The molecule has 0 aromatic carbocycles. The Morgan fingerprint density at radius 3 is 2.95 bits per heavy atom. The third kappa shape index (κ3) is 3.32. The van der Waals surface area contributed by atoms with E-state index in [-0.39, 0.29) is 5.91 Å². The van der Waals surface area contributed by atoms with Crippen molar-refractivity contribution in [2.75, 3.05) is 32.1 Å². The molecule has 0 aliphatic carbocycles. The van der Waals surface area contributed by atoms with Crippen LogP contribution in [-0.2, 0) is 9.53 Å². The van der Waals surface area contributed by atoms with E-state index in [1.807, 2.05) is 6.07 Å². The van der Waals surface area contributed by atoms with E-state index in [2.05, 4.69) is 31.5 Å². The van der Waals surface area contributed by atoms with Crippen molar-refractivity contribution < 1.29 is 9.53 Å². The number of piperidine rings is 1. The first-order chi connectivity index (χ1) is 9.18. The molecule has 5 nitrogen and oxygen atoms in total. The summed E-state index contributed by atoms with van der Waals surface area (Å²) >= 11 is 3.34. The monoisotopic (exact) mass is 327 g/mol. The topological polar surface area (TPSA) is 63.2 Å². The largest absolute Gasteiger partial charge is 0.384 e. The molecule has 1 aromatic heterocycles. The lowest BCUT2D eigenvalue weighted by atomic mass is 9.78. The first-order valence-electron chi connectivity index (χ1n) is 6.29. The number of halogens is 1. The predicted molar refractivity (Wildman–Crippen MR) is 77.0 cm³/mol. The molecule has 0 spiro atoms. The lowest BCUT2D eigenvalue weighted by molar-refractivity contribution is -0.130. The van der Waals surface area contributed by atoms with Crippen LogP contribution in [0.1, 0.15) is 12.8 Å². The molecule has 1 aliphatic heterocycles. The van der Waals surface area contributed by atoms with Gasteiger partial charge in [-0.1, -0.05) is 0 Å². The molecule has 6 heteroatoms. The molecule has 0 atom stereocenters. The van der Waals surface area contributed by atoms with Crippen molar-refractivity contribution in [1.29, 1.82) is 0 Å². The average molecular weight is 328 g/mol. The van der Waals surface area contributed by atoms with E-state index in [0.29, 0.717) is 16.9 Å². The van der Waals surface area contributed by atoms with Crippen LogP contribution in [0.2, 0.25) is 0 Å². The number of ether oxygens (including phenoxy) is 1. The van der Waals surface area contributed by atoms with Gasteiger partial charge in [0.15, 0.2) is 0 Å². The lowest BCUT2D eigenvalue weighted by Crippen LogP contribution is -2.47. The zero-order valence-corrected chi connectivity index (χ0v) is 12.5. The Morgan fingerprint density at radius 2 is 2.32 bits per heavy atom. The molecule has 2 heterocycles. The van der Waals surface area contributed by atoms with Crippen molar-refractivity contribution in [3.8, 4) is 0 Å². The Labute approximate surface area is 121 Å². The number of anilines is 1. The fourth-order valence-electron chi connectivity index (χ4n) is 2.35. The Bertz CT molecular complexity index is 442. The van der Waals surface area contributed by atoms with Crippen LogP contribution in [0, 0.1) is 5.41 Å². The third-order valence-electron chi connectivity index (χ3n) is 3.47. The summed E-state index contributed by atoms with van der Waals surface area (Å²) in [6, 6.07) is 3.63. The quantitative estimate of drug-likeness (QED) is 0.828. The van der Waals surface area contributed by atoms with E-state index in [9.17, 15) is 4.79 Å². The Balaban J connectivity index is 2.14. The smallest absolute Gasteiger partial charge is 0.233 e. The standard InChI is InChI=1S/C13H18BrN3O2/c1-19-9-13(4-7-15-8-5-13)12(18)17-10-3-2-6-16-11(10)14/h2-3,6,15H,4-5,7-9H2,1H3,(H,17,18). The molecule has 1 saturated heterocycles. The van der Waals surface area contributed by atoms with Crippen LogP contribution >= 0.6 is 15.9 Å². The number of hydrogen-bond acceptors (Lipinski definition) is 4. The molecule has 0 radical (unpaired) electrons. The van der Waals surface area contributed by atoms with E-state index in [4.69, 9.17) is 4.74 Å². The summed E-state index contributed by atoms with van der Waals surface area (Å²) in [6.45, 7) is 2.12. The summed E-state index contributed by atoms with van der Waals surface area (Å²) in [6.07, 6.45) is 3.24. The van der Waals surface area contributed by atoms with Crippen molar-refractivity contribution in [1.82, 2.24) is 10.3 Å². The number of rotatable bonds is 4. The van der Waals surface area contributed by atoms with Crippen molar-refractivity contribution in [2.24, 2.45) is 5.41 Å². The maximum Gasteiger partial charge on any atom is 0.233 e. The number of methoxy groups -OCH3 is 1. The highest BCUT2D eigenvalue weighted by Gasteiger charge is 2.39. The second-order valence-corrected chi connectivity index (χ2v) is 5.51. The molecule has 0 unspecified atom stereocenters. The second kappa shape index (κ2) is 6.45.